The molecule has 1 rings (SSSR count). The molecule has 3 nitrogen and oxygen atoms in total. The van der Waals surface area contributed by atoms with Crippen LogP contribution < -0.4 is 0 Å². The Kier molecular flexibility index (Phi) is 8.79. The standard InChI is InChI=1S/C19H30O3/c1-4-5-6-7-8-9-10-11-12-13-17(20)18-15(2)14-16(3)22-19(18)21/h4-5,16H,6-14H2,1-3H3/b5-4+/t16-/m0/s1. The van der Waals surface area contributed by atoms with Crippen molar-refractivity contribution < 1.29 is 14.3 Å². The molecule has 0 aromatic rings. The number of cyclic esters (lactones) is 1. The lowest BCUT2D eigenvalue weighted by Crippen LogP contribution is -2.27. The Bertz CT molecular complexity index is 432. The highest BCUT2D eigenvalue weighted by molar-refractivity contribution is 6.18. The number of ketones is 1. The summed E-state index contributed by atoms with van der Waals surface area (Å²) in [4.78, 5) is 24.0. The van der Waals surface area contributed by atoms with Gasteiger partial charge in [-0.25, -0.2) is 4.79 Å². The van der Waals surface area contributed by atoms with Gasteiger partial charge in [0.25, 0.3) is 0 Å². The third-order valence-electron chi connectivity index (χ3n) is 4.07. The molecule has 1 heterocycles. The van der Waals surface area contributed by atoms with Crippen molar-refractivity contribution in [3.63, 3.8) is 0 Å². The highest BCUT2D eigenvalue weighted by Gasteiger charge is 2.28. The Morgan fingerprint density at radius 1 is 1.18 bits per heavy atom. The molecular weight excluding hydrogens is 276 g/mol. The lowest BCUT2D eigenvalue weighted by Gasteiger charge is -2.22. The summed E-state index contributed by atoms with van der Waals surface area (Å²) in [6, 6.07) is 0. The van der Waals surface area contributed by atoms with Crippen molar-refractivity contribution in [3.05, 3.63) is 23.3 Å². The summed E-state index contributed by atoms with van der Waals surface area (Å²) in [5.74, 6) is -0.465. The zero-order valence-electron chi connectivity index (χ0n) is 14.3. The number of carbonyl (C=O) groups is 2. The third-order valence-corrected chi connectivity index (χ3v) is 4.07. The fourth-order valence-corrected chi connectivity index (χ4v) is 2.89. The van der Waals surface area contributed by atoms with E-state index < -0.39 is 5.97 Å². The first-order valence-electron chi connectivity index (χ1n) is 8.61. The van der Waals surface area contributed by atoms with Crippen LogP contribution in [0.3, 0.4) is 0 Å². The van der Waals surface area contributed by atoms with Gasteiger partial charge in [-0.2, -0.15) is 0 Å². The Balaban J connectivity index is 2.18. The number of hydrogen-bond acceptors (Lipinski definition) is 3. The maximum atomic E-state index is 12.2. The fourth-order valence-electron chi connectivity index (χ4n) is 2.89. The number of rotatable bonds is 10. The molecule has 1 aliphatic rings. The molecule has 3 heteroatoms. The molecule has 0 saturated heterocycles. The van der Waals surface area contributed by atoms with Crippen molar-refractivity contribution in [2.24, 2.45) is 0 Å². The van der Waals surface area contributed by atoms with Gasteiger partial charge < -0.3 is 4.74 Å². The molecule has 1 aliphatic heterocycles. The van der Waals surface area contributed by atoms with Gasteiger partial charge in [-0.1, -0.05) is 43.4 Å². The van der Waals surface area contributed by atoms with Crippen LogP contribution in [0.4, 0.5) is 0 Å². The van der Waals surface area contributed by atoms with E-state index in [1.165, 1.54) is 32.1 Å². The van der Waals surface area contributed by atoms with Crippen molar-refractivity contribution in [2.75, 3.05) is 0 Å². The predicted molar refractivity (Wildman–Crippen MR) is 89.6 cm³/mol. The number of esters is 1. The monoisotopic (exact) mass is 306 g/mol. The zero-order chi connectivity index (χ0) is 16.4. The smallest absolute Gasteiger partial charge is 0.341 e. The second kappa shape index (κ2) is 10.4. The van der Waals surface area contributed by atoms with E-state index in [1.807, 2.05) is 13.8 Å². The van der Waals surface area contributed by atoms with Gasteiger partial charge in [0.2, 0.25) is 0 Å². The van der Waals surface area contributed by atoms with Crippen LogP contribution in [0.2, 0.25) is 0 Å². The second-order valence-electron chi connectivity index (χ2n) is 6.23. The Morgan fingerprint density at radius 2 is 1.82 bits per heavy atom. The summed E-state index contributed by atoms with van der Waals surface area (Å²) < 4.78 is 5.16. The summed E-state index contributed by atoms with van der Waals surface area (Å²) in [5, 5.41) is 0. The van der Waals surface area contributed by atoms with E-state index in [9.17, 15) is 9.59 Å². The van der Waals surface area contributed by atoms with Gasteiger partial charge in [-0.05, 0) is 40.0 Å². The van der Waals surface area contributed by atoms with Crippen molar-refractivity contribution in [1.82, 2.24) is 0 Å². The van der Waals surface area contributed by atoms with Crippen LogP contribution in [0.1, 0.15) is 78.6 Å². The summed E-state index contributed by atoms with van der Waals surface area (Å²) in [5.41, 5.74) is 1.20. The SMILES string of the molecule is C/C=C/CCCCCCCCC(=O)C1=C(C)C[C@H](C)OC1=O. The number of Topliss-reactive ketones (excluding diaryl/α,β-unsaturated/α-hetero) is 1. The second-order valence-corrected chi connectivity index (χ2v) is 6.23. The van der Waals surface area contributed by atoms with Gasteiger partial charge >= 0.3 is 5.97 Å². The van der Waals surface area contributed by atoms with Gasteiger partial charge in [-0.3, -0.25) is 4.79 Å². The van der Waals surface area contributed by atoms with E-state index in [4.69, 9.17) is 4.74 Å². The van der Waals surface area contributed by atoms with E-state index in [2.05, 4.69) is 19.1 Å². The molecular formula is C19H30O3. The Labute approximate surface area is 134 Å². The first-order valence-corrected chi connectivity index (χ1v) is 8.61. The molecule has 0 aliphatic carbocycles. The average Bonchev–Trinajstić information content (AvgIpc) is 2.44. The van der Waals surface area contributed by atoms with Crippen LogP contribution in [0.5, 0.6) is 0 Å². The third kappa shape index (κ3) is 6.59. The molecule has 0 aromatic carbocycles. The maximum Gasteiger partial charge on any atom is 0.341 e. The molecule has 0 fully saturated rings. The first-order chi connectivity index (χ1) is 10.6. The highest BCUT2D eigenvalue weighted by atomic mass is 16.5. The topological polar surface area (TPSA) is 43.4 Å². The molecule has 0 saturated carbocycles. The van der Waals surface area contributed by atoms with Gasteiger partial charge in [0.15, 0.2) is 5.78 Å². The molecule has 0 spiro atoms. The van der Waals surface area contributed by atoms with Gasteiger partial charge in [0, 0.05) is 12.8 Å². The van der Waals surface area contributed by atoms with Gasteiger partial charge in [0.05, 0.1) is 0 Å². The summed E-state index contributed by atoms with van der Waals surface area (Å²) in [6.45, 7) is 5.78. The van der Waals surface area contributed by atoms with E-state index in [1.54, 1.807) is 0 Å². The Morgan fingerprint density at radius 3 is 2.45 bits per heavy atom. The van der Waals surface area contributed by atoms with Crippen LogP contribution in [-0.4, -0.2) is 17.9 Å². The number of unbranched alkanes of at least 4 members (excludes halogenated alkanes) is 6. The molecule has 0 radical (unpaired) electrons. The van der Waals surface area contributed by atoms with Crippen molar-refractivity contribution in [3.8, 4) is 0 Å². The van der Waals surface area contributed by atoms with Crippen molar-refractivity contribution >= 4 is 11.8 Å². The van der Waals surface area contributed by atoms with Crippen LogP contribution >= 0.6 is 0 Å². The minimum Gasteiger partial charge on any atom is -0.459 e. The molecule has 124 valence electrons. The Hall–Kier alpha value is -1.38. The number of ether oxygens (including phenoxy) is 1. The average molecular weight is 306 g/mol. The minimum absolute atomic E-state index is 0.0394. The summed E-state index contributed by atoms with van der Waals surface area (Å²) in [7, 11) is 0. The molecule has 0 bridgehead atoms. The fraction of sp³-hybridized carbons (Fsp3) is 0.684. The molecule has 1 atom stereocenters. The van der Waals surface area contributed by atoms with E-state index in [0.717, 1.165) is 18.4 Å². The highest BCUT2D eigenvalue weighted by Crippen LogP contribution is 2.23. The largest absolute Gasteiger partial charge is 0.459 e. The zero-order valence-corrected chi connectivity index (χ0v) is 14.3. The van der Waals surface area contributed by atoms with Crippen molar-refractivity contribution in [2.45, 2.75) is 84.7 Å². The minimum atomic E-state index is -0.426. The lowest BCUT2D eigenvalue weighted by molar-refractivity contribution is -0.146. The molecule has 0 unspecified atom stereocenters. The first kappa shape index (κ1) is 18.7. The molecule has 0 aromatic heterocycles. The van der Waals surface area contributed by atoms with Gasteiger partial charge in [-0.15, -0.1) is 0 Å². The van der Waals surface area contributed by atoms with Gasteiger partial charge in [0.1, 0.15) is 11.7 Å². The van der Waals surface area contributed by atoms with Crippen LogP contribution in [0, 0.1) is 0 Å². The molecule has 22 heavy (non-hydrogen) atoms. The number of carbonyl (C=O) groups excluding carboxylic acids is 2. The van der Waals surface area contributed by atoms with E-state index >= 15 is 0 Å². The number of allylic oxidation sites excluding steroid dienone is 2. The quantitative estimate of drug-likeness (QED) is 0.249. The van der Waals surface area contributed by atoms with E-state index in [0.29, 0.717) is 18.4 Å². The predicted octanol–water partition coefficient (Wildman–Crippen LogP) is 4.90. The molecule has 0 amide bonds. The normalized spacial score (nSPS) is 18.9. The van der Waals surface area contributed by atoms with Crippen molar-refractivity contribution in [1.29, 1.82) is 0 Å². The van der Waals surface area contributed by atoms with Crippen LogP contribution in [-0.2, 0) is 14.3 Å². The van der Waals surface area contributed by atoms with Crippen LogP contribution in [0.15, 0.2) is 23.3 Å². The lowest BCUT2D eigenvalue weighted by atomic mass is 9.95. The van der Waals surface area contributed by atoms with Crippen LogP contribution in [0.25, 0.3) is 0 Å². The summed E-state index contributed by atoms with van der Waals surface area (Å²) >= 11 is 0. The van der Waals surface area contributed by atoms with E-state index in [-0.39, 0.29) is 11.9 Å². The number of hydrogen-bond donors (Lipinski definition) is 0. The molecule has 0 N–H and O–H groups in total. The maximum absolute atomic E-state index is 12.2. The summed E-state index contributed by atoms with van der Waals surface area (Å²) in [6.07, 6.45) is 13.4.